The maximum absolute atomic E-state index is 11.3. The van der Waals surface area contributed by atoms with Crippen molar-refractivity contribution in [3.8, 4) is 0 Å². The highest BCUT2D eigenvalue weighted by atomic mass is 28.1. The molecule has 96 valence electrons. The minimum absolute atomic E-state index is 0.0905. The summed E-state index contributed by atoms with van der Waals surface area (Å²) < 4.78 is 5.43. The van der Waals surface area contributed by atoms with Crippen molar-refractivity contribution >= 4 is 15.6 Å². The van der Waals surface area contributed by atoms with E-state index in [1.165, 1.54) is 38.5 Å². The van der Waals surface area contributed by atoms with Gasteiger partial charge in [0.15, 0.2) is 0 Å². The molecule has 3 heteroatoms. The highest BCUT2D eigenvalue weighted by molar-refractivity contribution is 6.58. The van der Waals surface area contributed by atoms with E-state index in [1.807, 2.05) is 6.92 Å². The number of carbonyl (C=O) groups excluding carboxylic acids is 1. The van der Waals surface area contributed by atoms with Crippen molar-refractivity contribution in [2.75, 3.05) is 6.61 Å². The SMILES string of the molecule is CCCCCCCCCC(OCC)C(=O)[SiH3]. The standard InChI is InChI=1S/C13H28O2Si/c1-3-5-6-7-8-9-10-11-12(13(14)16)15-4-2/h12H,3-11H2,1-2,16H3. The van der Waals surface area contributed by atoms with Crippen LogP contribution in [0.5, 0.6) is 0 Å². The van der Waals surface area contributed by atoms with Crippen molar-refractivity contribution in [3.63, 3.8) is 0 Å². The molecule has 1 atom stereocenters. The summed E-state index contributed by atoms with van der Waals surface area (Å²) in [6.07, 6.45) is 9.94. The van der Waals surface area contributed by atoms with Crippen LogP contribution >= 0.6 is 0 Å². The summed E-state index contributed by atoms with van der Waals surface area (Å²) in [6, 6.07) is 0. The van der Waals surface area contributed by atoms with Crippen molar-refractivity contribution in [2.45, 2.75) is 71.3 Å². The second-order valence-corrected chi connectivity index (χ2v) is 5.45. The predicted octanol–water partition coefficient (Wildman–Crippen LogP) is 2.42. The lowest BCUT2D eigenvalue weighted by Gasteiger charge is -2.13. The van der Waals surface area contributed by atoms with E-state index in [0.29, 0.717) is 22.3 Å². The fourth-order valence-electron chi connectivity index (χ4n) is 1.89. The van der Waals surface area contributed by atoms with Gasteiger partial charge in [0.1, 0.15) is 11.5 Å². The van der Waals surface area contributed by atoms with Gasteiger partial charge in [-0.3, -0.25) is 0 Å². The molecule has 0 aromatic rings. The van der Waals surface area contributed by atoms with E-state index in [1.54, 1.807) is 0 Å². The third kappa shape index (κ3) is 9.10. The Morgan fingerprint density at radius 3 is 2.12 bits per heavy atom. The first kappa shape index (κ1) is 15.8. The Hall–Kier alpha value is -0.153. The summed E-state index contributed by atoms with van der Waals surface area (Å²) in [5.41, 5.74) is 0. The second kappa shape index (κ2) is 11.3. The lowest BCUT2D eigenvalue weighted by Crippen LogP contribution is -2.24. The molecular weight excluding hydrogens is 216 g/mol. The van der Waals surface area contributed by atoms with Gasteiger partial charge in [-0.1, -0.05) is 51.9 Å². The summed E-state index contributed by atoms with van der Waals surface area (Å²) >= 11 is 0. The van der Waals surface area contributed by atoms with Gasteiger partial charge in [0, 0.05) is 6.61 Å². The fraction of sp³-hybridized carbons (Fsp3) is 0.923. The Kier molecular flexibility index (Phi) is 11.2. The largest absolute Gasteiger partial charge is 0.371 e. The molecule has 0 aromatic carbocycles. The zero-order valence-electron chi connectivity index (χ0n) is 11.3. The molecule has 0 saturated carbocycles. The molecule has 0 fully saturated rings. The van der Waals surface area contributed by atoms with E-state index in [-0.39, 0.29) is 6.10 Å². The van der Waals surface area contributed by atoms with Crippen LogP contribution in [0.2, 0.25) is 0 Å². The van der Waals surface area contributed by atoms with Gasteiger partial charge in [0.25, 0.3) is 0 Å². The number of hydrogen-bond donors (Lipinski definition) is 0. The Balaban J connectivity index is 3.37. The van der Waals surface area contributed by atoms with Crippen LogP contribution in [-0.2, 0) is 9.53 Å². The molecule has 0 spiro atoms. The molecule has 0 aliphatic rings. The lowest BCUT2D eigenvalue weighted by atomic mass is 10.1. The van der Waals surface area contributed by atoms with Crippen LogP contribution in [0.15, 0.2) is 0 Å². The average Bonchev–Trinajstić information content (AvgIpc) is 2.26. The van der Waals surface area contributed by atoms with Crippen LogP contribution in [0, 0.1) is 0 Å². The smallest absolute Gasteiger partial charge is 0.128 e. The quantitative estimate of drug-likeness (QED) is 0.412. The topological polar surface area (TPSA) is 26.3 Å². The van der Waals surface area contributed by atoms with Crippen LogP contribution in [0.4, 0.5) is 0 Å². The fourth-order valence-corrected chi connectivity index (χ4v) is 2.35. The van der Waals surface area contributed by atoms with Gasteiger partial charge in [0.05, 0.1) is 10.2 Å². The molecule has 0 saturated heterocycles. The lowest BCUT2D eigenvalue weighted by molar-refractivity contribution is -0.122. The van der Waals surface area contributed by atoms with Gasteiger partial charge in [-0.15, -0.1) is 0 Å². The molecule has 0 rings (SSSR count). The number of rotatable bonds is 11. The minimum Gasteiger partial charge on any atom is -0.371 e. The summed E-state index contributed by atoms with van der Waals surface area (Å²) in [4.78, 5) is 11.3. The molecule has 2 nitrogen and oxygen atoms in total. The van der Waals surface area contributed by atoms with Gasteiger partial charge in [-0.2, -0.15) is 0 Å². The van der Waals surface area contributed by atoms with Crippen molar-refractivity contribution < 1.29 is 9.53 Å². The molecule has 0 radical (unpaired) electrons. The van der Waals surface area contributed by atoms with Crippen LogP contribution < -0.4 is 0 Å². The number of carbonyl (C=O) groups is 1. The van der Waals surface area contributed by atoms with Crippen molar-refractivity contribution in [1.29, 1.82) is 0 Å². The van der Waals surface area contributed by atoms with Gasteiger partial charge >= 0.3 is 0 Å². The van der Waals surface area contributed by atoms with Crippen molar-refractivity contribution in [2.24, 2.45) is 0 Å². The first-order chi connectivity index (χ1) is 7.72. The molecule has 0 amide bonds. The third-order valence-electron chi connectivity index (χ3n) is 2.89. The van der Waals surface area contributed by atoms with Crippen LogP contribution in [0.1, 0.15) is 65.2 Å². The van der Waals surface area contributed by atoms with E-state index in [9.17, 15) is 4.79 Å². The van der Waals surface area contributed by atoms with Gasteiger partial charge in [-0.25, -0.2) is 0 Å². The molecular formula is C13H28O2Si. The van der Waals surface area contributed by atoms with Gasteiger partial charge in [0.2, 0.25) is 0 Å². The molecule has 0 aliphatic heterocycles. The minimum atomic E-state index is -0.0905. The van der Waals surface area contributed by atoms with Crippen LogP contribution in [-0.4, -0.2) is 28.4 Å². The zero-order chi connectivity index (χ0) is 12.2. The highest BCUT2D eigenvalue weighted by Gasteiger charge is 2.12. The highest BCUT2D eigenvalue weighted by Crippen LogP contribution is 2.11. The van der Waals surface area contributed by atoms with Crippen LogP contribution in [0.3, 0.4) is 0 Å². The van der Waals surface area contributed by atoms with Gasteiger partial charge < -0.3 is 9.53 Å². The van der Waals surface area contributed by atoms with Crippen LogP contribution in [0.25, 0.3) is 0 Å². The predicted molar refractivity (Wildman–Crippen MR) is 73.0 cm³/mol. The number of hydrogen-bond acceptors (Lipinski definition) is 2. The van der Waals surface area contributed by atoms with E-state index in [4.69, 9.17) is 4.74 Å². The Morgan fingerprint density at radius 2 is 1.62 bits per heavy atom. The Labute approximate surface area is 104 Å². The summed E-state index contributed by atoms with van der Waals surface area (Å²) in [6.45, 7) is 4.86. The van der Waals surface area contributed by atoms with Gasteiger partial charge in [-0.05, 0) is 13.3 Å². The van der Waals surface area contributed by atoms with E-state index in [2.05, 4.69) is 6.92 Å². The first-order valence-electron chi connectivity index (χ1n) is 6.84. The molecule has 0 bridgehead atoms. The van der Waals surface area contributed by atoms with E-state index < -0.39 is 0 Å². The summed E-state index contributed by atoms with van der Waals surface area (Å²) in [5, 5.41) is 0.313. The van der Waals surface area contributed by atoms with E-state index in [0.717, 1.165) is 12.8 Å². The second-order valence-electron chi connectivity index (χ2n) is 4.46. The Morgan fingerprint density at radius 1 is 1.06 bits per heavy atom. The van der Waals surface area contributed by atoms with E-state index >= 15 is 0 Å². The molecule has 0 aromatic heterocycles. The first-order valence-corrected chi connectivity index (χ1v) is 7.84. The third-order valence-corrected chi connectivity index (χ3v) is 3.54. The number of unbranched alkanes of at least 4 members (excludes halogenated alkanes) is 6. The maximum atomic E-state index is 11.3. The maximum Gasteiger partial charge on any atom is 0.128 e. The van der Waals surface area contributed by atoms with Crippen molar-refractivity contribution in [1.82, 2.24) is 0 Å². The Bertz CT molecular complexity index is 171. The molecule has 0 N–H and O–H groups in total. The monoisotopic (exact) mass is 244 g/mol. The van der Waals surface area contributed by atoms with Crippen molar-refractivity contribution in [3.05, 3.63) is 0 Å². The molecule has 0 heterocycles. The molecule has 1 unspecified atom stereocenters. The number of ether oxygens (including phenoxy) is 1. The summed E-state index contributed by atoms with van der Waals surface area (Å²) in [7, 11) is 0.623. The summed E-state index contributed by atoms with van der Waals surface area (Å²) in [5.74, 6) is 0. The molecule has 0 aliphatic carbocycles. The zero-order valence-corrected chi connectivity index (χ0v) is 13.3. The normalized spacial score (nSPS) is 12.9. The molecule has 16 heavy (non-hydrogen) atoms. The average molecular weight is 244 g/mol.